The van der Waals surface area contributed by atoms with Crippen LogP contribution >= 0.6 is 0 Å². The third-order valence-electron chi connectivity index (χ3n) is 5.71. The quantitative estimate of drug-likeness (QED) is 0.384. The summed E-state index contributed by atoms with van der Waals surface area (Å²) in [6.07, 6.45) is 0. The molecule has 0 aliphatic rings. The molecule has 36 heavy (non-hydrogen) atoms. The molecule has 0 saturated carbocycles. The van der Waals surface area contributed by atoms with Crippen LogP contribution in [-0.2, 0) is 11.3 Å². The van der Waals surface area contributed by atoms with Crippen LogP contribution in [-0.4, -0.2) is 32.2 Å². The predicted octanol–water partition coefficient (Wildman–Crippen LogP) is 4.41. The topological polar surface area (TPSA) is 99.8 Å². The Labute approximate surface area is 206 Å². The number of rotatable bonds is 6. The van der Waals surface area contributed by atoms with E-state index in [1.165, 1.54) is 11.5 Å². The van der Waals surface area contributed by atoms with Crippen molar-refractivity contribution in [3.63, 3.8) is 0 Å². The fourth-order valence-electron chi connectivity index (χ4n) is 4.19. The van der Waals surface area contributed by atoms with Gasteiger partial charge in [-0.05, 0) is 73.9 Å². The van der Waals surface area contributed by atoms with Crippen LogP contribution in [0.2, 0.25) is 0 Å². The van der Waals surface area contributed by atoms with Crippen molar-refractivity contribution in [3.8, 4) is 17.4 Å². The molecule has 0 unspecified atom stereocenters. The summed E-state index contributed by atoms with van der Waals surface area (Å²) in [5.41, 5.74) is 4.43. The van der Waals surface area contributed by atoms with E-state index in [1.807, 2.05) is 57.2 Å². The van der Waals surface area contributed by atoms with E-state index in [2.05, 4.69) is 15.4 Å². The Morgan fingerprint density at radius 3 is 2.47 bits per heavy atom. The molecule has 0 saturated heterocycles. The number of methoxy groups -OCH3 is 1. The molecular formula is C27H25N5O4. The maximum absolute atomic E-state index is 13.4. The van der Waals surface area contributed by atoms with Gasteiger partial charge in [0.25, 0.3) is 5.88 Å². The van der Waals surface area contributed by atoms with Crippen molar-refractivity contribution in [2.24, 2.45) is 0 Å². The minimum atomic E-state index is -0.472. The number of para-hydroxylation sites is 2. The van der Waals surface area contributed by atoms with Gasteiger partial charge in [0.15, 0.2) is 0 Å². The Bertz CT molecular complexity index is 1670. The molecule has 0 radical (unpaired) electrons. The van der Waals surface area contributed by atoms with Gasteiger partial charge in [0, 0.05) is 0 Å². The van der Waals surface area contributed by atoms with Crippen molar-refractivity contribution < 1.29 is 14.3 Å². The molecule has 5 rings (SSSR count). The van der Waals surface area contributed by atoms with Crippen LogP contribution in [0.25, 0.3) is 16.7 Å². The number of ether oxygens (including phenoxy) is 2. The average molecular weight is 484 g/mol. The highest BCUT2D eigenvalue weighted by Crippen LogP contribution is 2.28. The molecule has 0 aliphatic heterocycles. The molecular weight excluding hydrogens is 458 g/mol. The molecule has 2 aromatic heterocycles. The first-order chi connectivity index (χ1) is 17.3. The van der Waals surface area contributed by atoms with Crippen molar-refractivity contribution >= 4 is 28.3 Å². The first kappa shape index (κ1) is 23.1. The number of carbonyl (C=O) groups excluding carboxylic acids is 1. The minimum Gasteiger partial charge on any atom is -0.495 e. The lowest BCUT2D eigenvalue weighted by Crippen LogP contribution is -2.28. The number of fused-ring (bicyclic) bond motifs is 3. The van der Waals surface area contributed by atoms with E-state index < -0.39 is 11.6 Å². The summed E-state index contributed by atoms with van der Waals surface area (Å²) in [6, 6.07) is 18.5. The van der Waals surface area contributed by atoms with Crippen molar-refractivity contribution in [2.45, 2.75) is 27.3 Å². The van der Waals surface area contributed by atoms with Crippen molar-refractivity contribution in [1.82, 2.24) is 19.2 Å². The highest BCUT2D eigenvalue weighted by atomic mass is 16.5. The molecule has 0 fully saturated rings. The van der Waals surface area contributed by atoms with Crippen LogP contribution in [0.1, 0.15) is 16.7 Å². The SMILES string of the molecule is COc1ccc(C)cc1NC(=O)Cn1nc2c(Oc3cc(C)cc(C)c3)nc3ccccc3n2c1=O. The Hall–Kier alpha value is -4.66. The highest BCUT2D eigenvalue weighted by Gasteiger charge is 2.20. The van der Waals surface area contributed by atoms with Gasteiger partial charge in [-0.2, -0.15) is 0 Å². The number of hydrogen-bond acceptors (Lipinski definition) is 6. The second-order valence-corrected chi connectivity index (χ2v) is 8.68. The summed E-state index contributed by atoms with van der Waals surface area (Å²) in [5.74, 6) is 0.868. The molecule has 9 nitrogen and oxygen atoms in total. The molecule has 0 bridgehead atoms. The second-order valence-electron chi connectivity index (χ2n) is 8.68. The van der Waals surface area contributed by atoms with Crippen LogP contribution in [0, 0.1) is 20.8 Å². The Balaban J connectivity index is 1.56. The number of carbonyl (C=O) groups is 1. The number of benzene rings is 3. The summed E-state index contributed by atoms with van der Waals surface area (Å²) in [5, 5.41) is 7.24. The van der Waals surface area contributed by atoms with Crippen molar-refractivity contribution in [1.29, 1.82) is 0 Å². The summed E-state index contributed by atoms with van der Waals surface area (Å²) in [7, 11) is 1.53. The van der Waals surface area contributed by atoms with Crippen LogP contribution in [0.4, 0.5) is 5.69 Å². The Kier molecular flexibility index (Phi) is 5.89. The second kappa shape index (κ2) is 9.18. The molecule has 3 aromatic carbocycles. The standard InChI is InChI=1S/C27H25N5O4/c1-16-9-10-23(35-4)21(14-16)28-24(33)15-31-27(34)32-22-8-6-5-7-20(22)29-26(25(32)30-31)36-19-12-17(2)11-18(3)13-19/h5-14H,15H2,1-4H3,(H,28,33). The zero-order valence-electron chi connectivity index (χ0n) is 20.4. The lowest BCUT2D eigenvalue weighted by Gasteiger charge is -2.10. The number of hydrogen-bond donors (Lipinski definition) is 1. The summed E-state index contributed by atoms with van der Waals surface area (Å²) in [6.45, 7) is 5.57. The Morgan fingerprint density at radius 2 is 1.72 bits per heavy atom. The lowest BCUT2D eigenvalue weighted by atomic mass is 10.1. The van der Waals surface area contributed by atoms with Gasteiger partial charge in [-0.15, -0.1) is 5.10 Å². The van der Waals surface area contributed by atoms with E-state index in [9.17, 15) is 9.59 Å². The number of amides is 1. The van der Waals surface area contributed by atoms with Crippen LogP contribution in [0.15, 0.2) is 65.5 Å². The van der Waals surface area contributed by atoms with Crippen LogP contribution in [0.3, 0.4) is 0 Å². The van der Waals surface area contributed by atoms with Gasteiger partial charge in [0.05, 0.1) is 23.8 Å². The van der Waals surface area contributed by atoms with Crippen LogP contribution < -0.4 is 20.5 Å². The average Bonchev–Trinajstić information content (AvgIpc) is 3.15. The smallest absolute Gasteiger partial charge is 0.351 e. The van der Waals surface area contributed by atoms with Gasteiger partial charge < -0.3 is 14.8 Å². The van der Waals surface area contributed by atoms with E-state index in [-0.39, 0.29) is 18.1 Å². The summed E-state index contributed by atoms with van der Waals surface area (Å²) >= 11 is 0. The third kappa shape index (κ3) is 4.38. The summed E-state index contributed by atoms with van der Waals surface area (Å²) < 4.78 is 14.0. The zero-order chi connectivity index (χ0) is 25.4. The molecule has 0 spiro atoms. The van der Waals surface area contributed by atoms with Crippen LogP contribution in [0.5, 0.6) is 17.4 Å². The number of nitrogens with one attached hydrogen (secondary N) is 1. The third-order valence-corrected chi connectivity index (χ3v) is 5.71. The fraction of sp³-hybridized carbons (Fsp3) is 0.185. The van der Waals surface area contributed by atoms with Gasteiger partial charge in [0.2, 0.25) is 11.6 Å². The first-order valence-corrected chi connectivity index (χ1v) is 11.4. The largest absolute Gasteiger partial charge is 0.495 e. The number of nitrogens with zero attached hydrogens (tertiary/aromatic N) is 4. The molecule has 182 valence electrons. The maximum Gasteiger partial charge on any atom is 0.351 e. The zero-order valence-corrected chi connectivity index (χ0v) is 20.4. The molecule has 5 aromatic rings. The fourth-order valence-corrected chi connectivity index (χ4v) is 4.19. The maximum atomic E-state index is 13.4. The van der Waals surface area contributed by atoms with Gasteiger partial charge in [-0.3, -0.25) is 4.79 Å². The molecule has 9 heteroatoms. The van der Waals surface area contributed by atoms with E-state index in [0.29, 0.717) is 28.2 Å². The Morgan fingerprint density at radius 1 is 0.972 bits per heavy atom. The number of aromatic nitrogens is 4. The molecule has 0 aliphatic carbocycles. The lowest BCUT2D eigenvalue weighted by molar-refractivity contribution is -0.117. The van der Waals surface area contributed by atoms with E-state index in [1.54, 1.807) is 24.3 Å². The minimum absolute atomic E-state index is 0.176. The van der Waals surface area contributed by atoms with Gasteiger partial charge in [-0.25, -0.2) is 18.9 Å². The molecule has 1 N–H and O–H groups in total. The monoisotopic (exact) mass is 483 g/mol. The normalized spacial score (nSPS) is 11.1. The predicted molar refractivity (Wildman–Crippen MR) is 137 cm³/mol. The van der Waals surface area contributed by atoms with E-state index in [0.717, 1.165) is 21.4 Å². The summed E-state index contributed by atoms with van der Waals surface area (Å²) in [4.78, 5) is 30.9. The first-order valence-electron chi connectivity index (χ1n) is 11.4. The van der Waals surface area contributed by atoms with Gasteiger partial charge >= 0.3 is 5.69 Å². The molecule has 1 amide bonds. The number of anilines is 1. The van der Waals surface area contributed by atoms with Gasteiger partial charge in [0.1, 0.15) is 18.0 Å². The van der Waals surface area contributed by atoms with E-state index in [4.69, 9.17) is 9.47 Å². The van der Waals surface area contributed by atoms with Crippen molar-refractivity contribution in [2.75, 3.05) is 12.4 Å². The van der Waals surface area contributed by atoms with Gasteiger partial charge in [-0.1, -0.05) is 24.3 Å². The molecule has 0 atom stereocenters. The van der Waals surface area contributed by atoms with E-state index >= 15 is 0 Å². The number of aryl methyl sites for hydroxylation is 3. The molecule has 2 heterocycles. The van der Waals surface area contributed by atoms with Crippen molar-refractivity contribution in [3.05, 3.63) is 87.8 Å². The highest BCUT2D eigenvalue weighted by molar-refractivity contribution is 5.92.